The Balaban J connectivity index is 2.00. The Kier molecular flexibility index (Phi) is 3.96. The molecule has 2 rings (SSSR count). The van der Waals surface area contributed by atoms with Crippen LogP contribution in [0.4, 0.5) is 0 Å². The van der Waals surface area contributed by atoms with E-state index in [4.69, 9.17) is 0 Å². The van der Waals surface area contributed by atoms with Gasteiger partial charge in [0.1, 0.15) is 0 Å². The zero-order valence-electron chi connectivity index (χ0n) is 9.61. The van der Waals surface area contributed by atoms with E-state index in [-0.39, 0.29) is 5.91 Å². The van der Waals surface area contributed by atoms with E-state index >= 15 is 0 Å². The molecule has 88 valence electrons. The molecule has 2 heterocycles. The molecule has 0 spiro atoms. The summed E-state index contributed by atoms with van der Waals surface area (Å²) in [6.07, 6.45) is 3.33. The molecule has 16 heavy (non-hydrogen) atoms. The lowest BCUT2D eigenvalue weighted by molar-refractivity contribution is 0.0725. The lowest BCUT2D eigenvalue weighted by Crippen LogP contribution is -2.37. The van der Waals surface area contributed by atoms with Crippen molar-refractivity contribution in [1.82, 2.24) is 10.2 Å². The average molecular weight is 238 g/mol. The fourth-order valence-corrected chi connectivity index (χ4v) is 2.83. The van der Waals surface area contributed by atoms with Crippen molar-refractivity contribution in [3.8, 4) is 0 Å². The first-order valence-corrected chi connectivity index (χ1v) is 6.68. The van der Waals surface area contributed by atoms with Crippen LogP contribution in [0.15, 0.2) is 17.5 Å². The molecule has 1 saturated heterocycles. The van der Waals surface area contributed by atoms with Crippen LogP contribution in [0.1, 0.15) is 28.9 Å². The lowest BCUT2D eigenvalue weighted by atomic mass is 10.1. The summed E-state index contributed by atoms with van der Waals surface area (Å²) in [5.41, 5.74) is 0. The van der Waals surface area contributed by atoms with Crippen LogP contribution in [-0.2, 0) is 0 Å². The van der Waals surface area contributed by atoms with Crippen LogP contribution in [0, 0.1) is 0 Å². The maximum Gasteiger partial charge on any atom is 0.263 e. The summed E-state index contributed by atoms with van der Waals surface area (Å²) >= 11 is 1.52. The molecular formula is C12H18N2OS. The van der Waals surface area contributed by atoms with Gasteiger partial charge >= 0.3 is 0 Å². The monoisotopic (exact) mass is 238 g/mol. The maximum atomic E-state index is 12.1. The van der Waals surface area contributed by atoms with Crippen molar-refractivity contribution >= 4 is 17.2 Å². The number of hydrogen-bond donors (Lipinski definition) is 1. The summed E-state index contributed by atoms with van der Waals surface area (Å²) in [6.45, 7) is 2.10. The molecule has 0 saturated carbocycles. The lowest BCUT2D eigenvalue weighted by Gasteiger charge is -2.26. The standard InChI is InChI=1S/C12H18N2OS/c1-14(10-4-2-7-13-8-6-10)12(15)11-5-3-9-16-11/h3,5,9-10,13H,2,4,6-8H2,1H3. The van der Waals surface area contributed by atoms with Gasteiger partial charge in [-0.15, -0.1) is 11.3 Å². The zero-order valence-corrected chi connectivity index (χ0v) is 10.4. The smallest absolute Gasteiger partial charge is 0.263 e. The molecule has 1 amide bonds. The number of hydrogen-bond acceptors (Lipinski definition) is 3. The van der Waals surface area contributed by atoms with Gasteiger partial charge in [-0.25, -0.2) is 0 Å². The van der Waals surface area contributed by atoms with Gasteiger partial charge in [-0.3, -0.25) is 4.79 Å². The fraction of sp³-hybridized carbons (Fsp3) is 0.583. The van der Waals surface area contributed by atoms with Gasteiger partial charge in [0, 0.05) is 13.1 Å². The van der Waals surface area contributed by atoms with Crippen LogP contribution in [-0.4, -0.2) is 37.0 Å². The Bertz CT molecular complexity index is 329. The minimum atomic E-state index is 0.168. The molecule has 0 aliphatic carbocycles. The van der Waals surface area contributed by atoms with Crippen molar-refractivity contribution < 1.29 is 4.79 Å². The molecule has 1 aliphatic heterocycles. The molecule has 1 N–H and O–H groups in total. The van der Waals surface area contributed by atoms with E-state index in [0.29, 0.717) is 6.04 Å². The van der Waals surface area contributed by atoms with Gasteiger partial charge in [0.15, 0.2) is 0 Å². The minimum Gasteiger partial charge on any atom is -0.338 e. The Morgan fingerprint density at radius 2 is 2.38 bits per heavy atom. The maximum absolute atomic E-state index is 12.1. The second-order valence-corrected chi connectivity index (χ2v) is 5.18. The number of carbonyl (C=O) groups is 1. The van der Waals surface area contributed by atoms with Crippen molar-refractivity contribution in [2.75, 3.05) is 20.1 Å². The average Bonchev–Trinajstić information content (AvgIpc) is 2.70. The van der Waals surface area contributed by atoms with E-state index in [1.54, 1.807) is 0 Å². The molecule has 0 aromatic carbocycles. The highest BCUT2D eigenvalue weighted by atomic mass is 32.1. The van der Waals surface area contributed by atoms with Crippen LogP contribution in [0.25, 0.3) is 0 Å². The Morgan fingerprint density at radius 3 is 3.12 bits per heavy atom. The van der Waals surface area contributed by atoms with E-state index in [1.165, 1.54) is 11.3 Å². The van der Waals surface area contributed by atoms with Crippen molar-refractivity contribution in [2.24, 2.45) is 0 Å². The molecule has 1 aromatic rings. The van der Waals surface area contributed by atoms with E-state index in [2.05, 4.69) is 5.32 Å². The van der Waals surface area contributed by atoms with E-state index in [1.807, 2.05) is 29.5 Å². The summed E-state index contributed by atoms with van der Waals surface area (Å²) in [6, 6.07) is 4.23. The highest BCUT2D eigenvalue weighted by Crippen LogP contribution is 2.17. The van der Waals surface area contributed by atoms with Crippen molar-refractivity contribution in [3.63, 3.8) is 0 Å². The first-order valence-electron chi connectivity index (χ1n) is 5.80. The quantitative estimate of drug-likeness (QED) is 0.854. The summed E-state index contributed by atoms with van der Waals surface area (Å²) in [5, 5.41) is 5.32. The number of nitrogens with zero attached hydrogens (tertiary/aromatic N) is 1. The third kappa shape index (κ3) is 2.62. The topological polar surface area (TPSA) is 32.3 Å². The number of nitrogens with one attached hydrogen (secondary N) is 1. The summed E-state index contributed by atoms with van der Waals surface area (Å²) in [5.74, 6) is 0.168. The molecular weight excluding hydrogens is 220 g/mol. The third-order valence-electron chi connectivity index (χ3n) is 3.15. The van der Waals surface area contributed by atoms with Crippen LogP contribution in [0.3, 0.4) is 0 Å². The highest BCUT2D eigenvalue weighted by molar-refractivity contribution is 7.12. The van der Waals surface area contributed by atoms with Gasteiger partial charge in [-0.2, -0.15) is 0 Å². The van der Waals surface area contributed by atoms with Crippen molar-refractivity contribution in [2.45, 2.75) is 25.3 Å². The zero-order chi connectivity index (χ0) is 11.4. The van der Waals surface area contributed by atoms with Crippen molar-refractivity contribution in [3.05, 3.63) is 22.4 Å². The van der Waals surface area contributed by atoms with E-state index in [0.717, 1.165) is 37.2 Å². The van der Waals surface area contributed by atoms with Crippen LogP contribution >= 0.6 is 11.3 Å². The third-order valence-corrected chi connectivity index (χ3v) is 4.00. The first-order chi connectivity index (χ1) is 7.79. The van der Waals surface area contributed by atoms with Gasteiger partial charge in [0.05, 0.1) is 4.88 Å². The largest absolute Gasteiger partial charge is 0.338 e. The summed E-state index contributed by atoms with van der Waals surface area (Å²) in [4.78, 5) is 14.9. The SMILES string of the molecule is CN(C(=O)c1cccs1)C1CCCNCC1. The van der Waals surface area contributed by atoms with Crippen LogP contribution < -0.4 is 5.32 Å². The predicted molar refractivity (Wildman–Crippen MR) is 66.9 cm³/mol. The predicted octanol–water partition coefficient (Wildman–Crippen LogP) is 1.96. The second kappa shape index (κ2) is 5.46. The first kappa shape index (κ1) is 11.6. The van der Waals surface area contributed by atoms with Gasteiger partial charge < -0.3 is 10.2 Å². The van der Waals surface area contributed by atoms with Crippen LogP contribution in [0.2, 0.25) is 0 Å². The number of rotatable bonds is 2. The molecule has 0 bridgehead atoms. The fourth-order valence-electron chi connectivity index (χ4n) is 2.13. The molecule has 1 aromatic heterocycles. The normalized spacial score (nSPS) is 21.4. The molecule has 1 atom stereocenters. The van der Waals surface area contributed by atoms with Gasteiger partial charge in [-0.1, -0.05) is 6.07 Å². The minimum absolute atomic E-state index is 0.168. The Labute approximate surface area is 100 Å². The number of amides is 1. The van der Waals surface area contributed by atoms with E-state index in [9.17, 15) is 4.79 Å². The molecule has 0 radical (unpaired) electrons. The second-order valence-electron chi connectivity index (χ2n) is 4.23. The van der Waals surface area contributed by atoms with Crippen LogP contribution in [0.5, 0.6) is 0 Å². The van der Waals surface area contributed by atoms with E-state index < -0.39 is 0 Å². The molecule has 1 unspecified atom stereocenters. The highest BCUT2D eigenvalue weighted by Gasteiger charge is 2.22. The van der Waals surface area contributed by atoms with Crippen molar-refractivity contribution in [1.29, 1.82) is 0 Å². The molecule has 3 nitrogen and oxygen atoms in total. The number of thiophene rings is 1. The number of carbonyl (C=O) groups excluding carboxylic acids is 1. The Hall–Kier alpha value is -0.870. The Morgan fingerprint density at radius 1 is 1.50 bits per heavy atom. The molecule has 1 aliphatic rings. The molecule has 1 fully saturated rings. The van der Waals surface area contributed by atoms with Gasteiger partial charge in [0.25, 0.3) is 5.91 Å². The summed E-state index contributed by atoms with van der Waals surface area (Å²) < 4.78 is 0. The summed E-state index contributed by atoms with van der Waals surface area (Å²) in [7, 11) is 1.93. The van der Waals surface area contributed by atoms with Gasteiger partial charge in [0.2, 0.25) is 0 Å². The van der Waals surface area contributed by atoms with Gasteiger partial charge in [-0.05, 0) is 43.8 Å². The molecule has 4 heteroatoms.